The van der Waals surface area contributed by atoms with Crippen LogP contribution >= 0.6 is 23.2 Å². The van der Waals surface area contributed by atoms with Crippen molar-refractivity contribution in [3.63, 3.8) is 0 Å². The van der Waals surface area contributed by atoms with Crippen LogP contribution in [0.4, 0.5) is 23.7 Å². The fourth-order valence-corrected chi connectivity index (χ4v) is 10.6. The first-order valence-corrected chi connectivity index (χ1v) is 29.0. The molecule has 5 aliphatic rings. The third-order valence-corrected chi connectivity index (χ3v) is 15.4. The predicted molar refractivity (Wildman–Crippen MR) is 327 cm³/mol. The number of amides is 9. The fraction of sp³-hybridized carbons (Fsp3) is 0.246. The third-order valence-electron chi connectivity index (χ3n) is 14.8. The summed E-state index contributed by atoms with van der Waals surface area (Å²) in [5, 5.41) is 109. The molecule has 19 N–H and O–H groups in total. The van der Waals surface area contributed by atoms with Crippen molar-refractivity contribution in [1.29, 1.82) is 0 Å². The van der Waals surface area contributed by atoms with Crippen LogP contribution in [0.3, 0.4) is 0 Å². The van der Waals surface area contributed by atoms with E-state index in [0.29, 0.717) is 17.8 Å². The molecule has 9 atom stereocenters. The van der Waals surface area contributed by atoms with E-state index in [4.69, 9.17) is 48.3 Å². The molecule has 5 aliphatic heterocycles. The highest BCUT2D eigenvalue weighted by atomic mass is 35.5. The highest BCUT2D eigenvalue weighted by Gasteiger charge is 2.42. The summed E-state index contributed by atoms with van der Waals surface area (Å²) in [6, 6.07) is 5.86. The number of alkyl halides is 3. The van der Waals surface area contributed by atoms with Crippen molar-refractivity contribution >= 4 is 88.2 Å². The van der Waals surface area contributed by atoms with Crippen LogP contribution in [0.25, 0.3) is 11.1 Å². The molecule has 0 spiro atoms. The lowest BCUT2D eigenvalue weighted by Gasteiger charge is -2.31. The number of rotatable bonds is 10. The minimum Gasteiger partial charge on any atom is -0.508 e. The smallest absolute Gasteiger partial charge is 0.490 e. The molecule has 11 bridgehead atoms. The summed E-state index contributed by atoms with van der Waals surface area (Å²) in [4.78, 5) is 136. The van der Waals surface area contributed by atoms with Crippen molar-refractivity contribution in [2.75, 3.05) is 18.9 Å². The third kappa shape index (κ3) is 16.3. The Balaban J connectivity index is 0.00000159. The van der Waals surface area contributed by atoms with E-state index in [9.17, 15) is 82.5 Å². The number of anilines is 1. The normalized spacial score (nSPS) is 20.4. The number of carboxylic acid groups (broad SMARTS) is 2. The number of fused-ring (bicyclic) bond motifs is 15. The molecule has 30 nitrogen and oxygen atoms in total. The molecule has 506 valence electrons. The lowest BCUT2D eigenvalue weighted by molar-refractivity contribution is -0.192. The number of aliphatic carboxylic acids is 2. The largest absolute Gasteiger partial charge is 0.508 e. The van der Waals surface area contributed by atoms with Crippen molar-refractivity contribution < 1.29 is 111 Å². The number of primary amides is 1. The van der Waals surface area contributed by atoms with E-state index in [1.54, 1.807) is 31.2 Å². The number of nitrogens with two attached hydrogens (primary N) is 1. The van der Waals surface area contributed by atoms with E-state index in [1.807, 2.05) is 0 Å². The van der Waals surface area contributed by atoms with Gasteiger partial charge in [0, 0.05) is 35.0 Å². The standard InChI is InChI=1S/C59H56Cl2N10O18.C2HF3O2/c1-3-64-59(87)65-28-6-4-5-23(13-28)14-34(63-2)52(79)70-47-49(76)25-8-11-38(32(60)16-25)88-40-18-27-19-41(51(40)78)89-39-12-9-26(17-33(39)61)50(77)48-57(84)69-46(58(85)86)31-20-29(72)21-37(74)43(31)30-15-24(7-10-36(30)73)44(54(81)71-48)68-55(82)45(27)67-53(80)35(22-42(62)75)66-56(47)83;3-2(4,5)1(6)7/h4-13,15-21,34-35,44-50,63,72-74,76-78H,3,14,22H2,1-2H3,(H2,62,75)(H,66,83)(H,67,80)(H,68,82)(H,69,84)(H,70,79)(H,71,81)(H,85,86)(H2,64,65,87);(H,6,7)/t34-,35+,44-,45-,46+,47-,48+,49-,50-;/m1./s1. The monoisotopic (exact) mass is 1380 g/mol. The van der Waals surface area contributed by atoms with Crippen LogP contribution < -0.4 is 63.1 Å². The number of urea groups is 1. The number of carboxylic acids is 2. The molecule has 0 aliphatic carbocycles. The van der Waals surface area contributed by atoms with Crippen molar-refractivity contribution in [3.8, 4) is 57.1 Å². The van der Waals surface area contributed by atoms with Gasteiger partial charge in [-0.2, -0.15) is 13.2 Å². The molecule has 0 unspecified atom stereocenters. The minimum absolute atomic E-state index is 0.0603. The van der Waals surface area contributed by atoms with E-state index < -0.39 is 178 Å². The second kappa shape index (κ2) is 29.4. The number of hydrogen-bond donors (Lipinski definition) is 18. The summed E-state index contributed by atoms with van der Waals surface area (Å²) in [5.41, 5.74) is 4.11. The maximum absolute atomic E-state index is 15.5. The number of carbonyl (C=O) groups excluding carboxylic acids is 8. The van der Waals surface area contributed by atoms with Crippen LogP contribution in [0.1, 0.15) is 77.1 Å². The molecule has 9 amide bonds. The number of halogens is 5. The average molecular weight is 1380 g/mol. The number of aliphatic hydroxyl groups is 2. The van der Waals surface area contributed by atoms with E-state index in [0.717, 1.165) is 60.7 Å². The summed E-state index contributed by atoms with van der Waals surface area (Å²) in [6.07, 6.45) is -10.3. The van der Waals surface area contributed by atoms with Gasteiger partial charge in [0.25, 0.3) is 0 Å². The lowest BCUT2D eigenvalue weighted by Crippen LogP contribution is -2.59. The number of benzene rings is 6. The molecule has 0 aromatic heterocycles. The number of phenolic OH excluding ortho intramolecular Hbond substituents is 4. The zero-order chi connectivity index (χ0) is 70.4. The summed E-state index contributed by atoms with van der Waals surface area (Å²) in [5.74, 6) is -18.2. The van der Waals surface area contributed by atoms with Crippen LogP contribution in [0.2, 0.25) is 10.0 Å². The lowest BCUT2D eigenvalue weighted by atomic mass is 9.89. The number of aromatic hydroxyl groups is 4. The summed E-state index contributed by atoms with van der Waals surface area (Å²) in [7, 11) is 1.44. The Kier molecular flexibility index (Phi) is 21.7. The zero-order valence-corrected chi connectivity index (χ0v) is 51.1. The number of phenols is 4. The van der Waals surface area contributed by atoms with Gasteiger partial charge in [0.1, 0.15) is 71.2 Å². The Morgan fingerprint density at radius 2 is 1.24 bits per heavy atom. The molecule has 0 radical (unpaired) electrons. The molecule has 35 heteroatoms. The van der Waals surface area contributed by atoms with Gasteiger partial charge in [-0.25, -0.2) is 14.4 Å². The summed E-state index contributed by atoms with van der Waals surface area (Å²) >= 11 is 13.6. The zero-order valence-electron chi connectivity index (χ0n) is 49.6. The second-order valence-corrected chi connectivity index (χ2v) is 22.3. The molecule has 6 aromatic carbocycles. The van der Waals surface area contributed by atoms with Gasteiger partial charge >= 0.3 is 24.1 Å². The Morgan fingerprint density at radius 3 is 1.81 bits per heavy atom. The Bertz CT molecular complexity index is 4130. The first kappa shape index (κ1) is 70.7. The topological polar surface area (TPSA) is 485 Å². The molecule has 11 rings (SSSR count). The van der Waals surface area contributed by atoms with Gasteiger partial charge in [-0.15, -0.1) is 0 Å². The highest BCUT2D eigenvalue weighted by molar-refractivity contribution is 6.32. The number of carbonyl (C=O) groups is 10. The molecular formula is C61H57Cl2F3N10O20. The Hall–Kier alpha value is -11.1. The van der Waals surface area contributed by atoms with E-state index >= 15 is 9.59 Å². The van der Waals surface area contributed by atoms with Gasteiger partial charge < -0.3 is 104 Å². The molecular weight excluding hydrogens is 1320 g/mol. The van der Waals surface area contributed by atoms with Crippen LogP contribution in [0, 0.1) is 0 Å². The SMILES string of the molecule is CCNC(=O)Nc1cccc(C[C@@H](NC)C(=O)N[C@H]2C(=O)N[C@@H](CC(N)=O)C(=O)N[C@H]3C(=O)N[C@H]4C(=O)N[C@H](C(=O)N[C@H](C(=O)O)c5cc(O)cc(O)c5-c5cc4ccc5O)[C@H](O)c4ccc(c(Cl)c4)Oc4cc3cc(c4O)Oc3ccc(cc3Cl)[C@H]2O)c1.O=C(O)C(F)(F)F. The maximum atomic E-state index is 15.5. The second-order valence-electron chi connectivity index (χ2n) is 21.4. The quantitative estimate of drug-likeness (QED) is 0.0934. The first-order chi connectivity index (χ1) is 45.3. The Morgan fingerprint density at radius 1 is 0.656 bits per heavy atom. The van der Waals surface area contributed by atoms with Crippen LogP contribution in [-0.2, 0) is 49.6 Å². The van der Waals surface area contributed by atoms with E-state index in [2.05, 4.69) is 47.9 Å². The summed E-state index contributed by atoms with van der Waals surface area (Å²) in [6.45, 7) is 2.07. The number of likely N-dealkylation sites (N-methyl/N-ethyl adjacent to an activating group) is 1. The van der Waals surface area contributed by atoms with E-state index in [-0.39, 0.29) is 50.2 Å². The molecule has 5 heterocycles. The van der Waals surface area contributed by atoms with Crippen molar-refractivity contribution in [3.05, 3.63) is 147 Å². The van der Waals surface area contributed by atoms with Crippen LogP contribution in [0.15, 0.2) is 103 Å². The van der Waals surface area contributed by atoms with Crippen molar-refractivity contribution in [2.45, 2.75) is 80.4 Å². The van der Waals surface area contributed by atoms with Gasteiger partial charge in [0.2, 0.25) is 47.1 Å². The number of nitrogens with one attached hydrogen (secondary N) is 9. The predicted octanol–water partition coefficient (Wildman–Crippen LogP) is 3.37. The number of hydrogen-bond acceptors (Lipinski definition) is 19. The average Bonchev–Trinajstić information content (AvgIpc) is 0.768. The van der Waals surface area contributed by atoms with Crippen molar-refractivity contribution in [2.24, 2.45) is 5.73 Å². The van der Waals surface area contributed by atoms with E-state index in [1.165, 1.54) is 25.2 Å². The molecule has 96 heavy (non-hydrogen) atoms. The van der Waals surface area contributed by atoms with Gasteiger partial charge in [0.05, 0.1) is 22.5 Å². The van der Waals surface area contributed by atoms with Gasteiger partial charge in [-0.05, 0) is 115 Å². The Labute approximate surface area is 548 Å². The number of ether oxygens (including phenoxy) is 2. The van der Waals surface area contributed by atoms with Gasteiger partial charge in [-0.1, -0.05) is 53.5 Å². The molecule has 0 saturated heterocycles. The number of aliphatic hydroxyl groups excluding tert-OH is 2. The van der Waals surface area contributed by atoms with Crippen LogP contribution in [0.5, 0.6) is 46.0 Å². The molecule has 0 saturated carbocycles. The van der Waals surface area contributed by atoms with Gasteiger partial charge in [-0.3, -0.25) is 33.6 Å². The minimum atomic E-state index is -5.08. The van der Waals surface area contributed by atoms with Crippen LogP contribution in [-0.4, -0.2) is 144 Å². The van der Waals surface area contributed by atoms with Gasteiger partial charge in [0.15, 0.2) is 17.5 Å². The highest BCUT2D eigenvalue weighted by Crippen LogP contribution is 2.48. The molecule has 0 fully saturated rings. The fourth-order valence-electron chi connectivity index (χ4n) is 10.2. The maximum Gasteiger partial charge on any atom is 0.490 e. The summed E-state index contributed by atoms with van der Waals surface area (Å²) < 4.78 is 44.0. The van der Waals surface area contributed by atoms with Crippen molar-refractivity contribution in [1.82, 2.24) is 42.5 Å². The first-order valence-electron chi connectivity index (χ1n) is 28.3. The molecule has 6 aromatic rings.